The van der Waals surface area contributed by atoms with Crippen LogP contribution in [-0.4, -0.2) is 18.4 Å². The van der Waals surface area contributed by atoms with Gasteiger partial charge in [0.25, 0.3) is 0 Å². The van der Waals surface area contributed by atoms with Gasteiger partial charge in [-0.25, -0.2) is 4.79 Å². The number of hydrogen-bond donors (Lipinski definition) is 2. The molecular formula is C17H24N2O2. The average molecular weight is 288 g/mol. The zero-order chi connectivity index (χ0) is 15.2. The number of fused-ring (bicyclic) bond motifs is 1. The van der Waals surface area contributed by atoms with Gasteiger partial charge >= 0.3 is 6.03 Å². The van der Waals surface area contributed by atoms with Crippen LogP contribution in [0.25, 0.3) is 0 Å². The van der Waals surface area contributed by atoms with Crippen LogP contribution in [0.1, 0.15) is 55.8 Å². The third kappa shape index (κ3) is 4.59. The number of amides is 2. The van der Waals surface area contributed by atoms with Gasteiger partial charge in [0.1, 0.15) is 5.78 Å². The molecule has 1 aliphatic rings. The fourth-order valence-electron chi connectivity index (χ4n) is 2.71. The molecule has 0 bridgehead atoms. The van der Waals surface area contributed by atoms with Crippen LogP contribution >= 0.6 is 0 Å². The lowest BCUT2D eigenvalue weighted by Crippen LogP contribution is -2.38. The van der Waals surface area contributed by atoms with Crippen LogP contribution in [0.5, 0.6) is 0 Å². The highest BCUT2D eigenvalue weighted by molar-refractivity contribution is 5.78. The SMILES string of the molecule is CC(=O)CCNC(=O)NC(C)c1ccc2c(c1)CCCC2. The minimum absolute atomic E-state index is 0.0328. The molecule has 21 heavy (non-hydrogen) atoms. The van der Waals surface area contributed by atoms with E-state index < -0.39 is 0 Å². The lowest BCUT2D eigenvalue weighted by atomic mass is 9.89. The van der Waals surface area contributed by atoms with E-state index in [-0.39, 0.29) is 17.9 Å². The maximum atomic E-state index is 11.8. The van der Waals surface area contributed by atoms with E-state index in [9.17, 15) is 9.59 Å². The maximum absolute atomic E-state index is 11.8. The molecule has 0 radical (unpaired) electrons. The molecule has 1 unspecified atom stereocenters. The molecule has 4 heteroatoms. The molecule has 1 aromatic carbocycles. The molecule has 0 saturated carbocycles. The zero-order valence-corrected chi connectivity index (χ0v) is 12.9. The smallest absolute Gasteiger partial charge is 0.315 e. The van der Waals surface area contributed by atoms with Gasteiger partial charge in [-0.15, -0.1) is 0 Å². The summed E-state index contributed by atoms with van der Waals surface area (Å²) < 4.78 is 0. The summed E-state index contributed by atoms with van der Waals surface area (Å²) in [5.41, 5.74) is 4.00. The summed E-state index contributed by atoms with van der Waals surface area (Å²) in [7, 11) is 0. The molecule has 1 aromatic rings. The van der Waals surface area contributed by atoms with Crippen LogP contribution in [0.15, 0.2) is 18.2 Å². The van der Waals surface area contributed by atoms with Gasteiger partial charge in [-0.2, -0.15) is 0 Å². The number of benzene rings is 1. The quantitative estimate of drug-likeness (QED) is 0.875. The number of nitrogens with one attached hydrogen (secondary N) is 2. The van der Waals surface area contributed by atoms with Crippen molar-refractivity contribution in [1.82, 2.24) is 10.6 Å². The molecule has 2 rings (SSSR count). The highest BCUT2D eigenvalue weighted by Gasteiger charge is 2.13. The number of carbonyl (C=O) groups is 2. The summed E-state index contributed by atoms with van der Waals surface area (Å²) in [4.78, 5) is 22.6. The standard InChI is InChI=1S/C17H24N2O2/c1-12(20)9-10-18-17(21)19-13(2)15-8-7-14-5-3-4-6-16(14)11-15/h7-8,11,13H,3-6,9-10H2,1-2H3,(H2,18,19,21). The average Bonchev–Trinajstić information content (AvgIpc) is 2.46. The Morgan fingerprint density at radius 2 is 1.90 bits per heavy atom. The van der Waals surface area contributed by atoms with Crippen LogP contribution in [-0.2, 0) is 17.6 Å². The number of aryl methyl sites for hydroxylation is 2. The number of urea groups is 1. The Morgan fingerprint density at radius 3 is 2.62 bits per heavy atom. The Bertz CT molecular complexity index is 526. The molecule has 0 aliphatic heterocycles. The predicted octanol–water partition coefficient (Wildman–Crippen LogP) is 2.90. The normalized spacial score (nSPS) is 15.0. The first-order valence-corrected chi connectivity index (χ1v) is 7.72. The monoisotopic (exact) mass is 288 g/mol. The minimum Gasteiger partial charge on any atom is -0.338 e. The fourth-order valence-corrected chi connectivity index (χ4v) is 2.71. The van der Waals surface area contributed by atoms with E-state index in [1.165, 1.54) is 37.3 Å². The third-order valence-corrected chi connectivity index (χ3v) is 3.98. The van der Waals surface area contributed by atoms with Crippen molar-refractivity contribution in [1.29, 1.82) is 0 Å². The van der Waals surface area contributed by atoms with Gasteiger partial charge in [0.2, 0.25) is 0 Å². The molecule has 2 amide bonds. The van der Waals surface area contributed by atoms with Gasteiger partial charge in [0.05, 0.1) is 6.04 Å². The van der Waals surface area contributed by atoms with Crippen molar-refractivity contribution < 1.29 is 9.59 Å². The molecule has 4 nitrogen and oxygen atoms in total. The highest BCUT2D eigenvalue weighted by atomic mass is 16.2. The van der Waals surface area contributed by atoms with E-state index >= 15 is 0 Å². The summed E-state index contributed by atoms with van der Waals surface area (Å²) in [5, 5.41) is 5.62. The van der Waals surface area contributed by atoms with Crippen molar-refractivity contribution in [2.45, 2.75) is 52.0 Å². The molecule has 0 fully saturated rings. The molecule has 2 N–H and O–H groups in total. The molecule has 1 aliphatic carbocycles. The molecule has 0 saturated heterocycles. The van der Waals surface area contributed by atoms with Crippen LogP contribution in [0, 0.1) is 0 Å². The van der Waals surface area contributed by atoms with E-state index in [1.54, 1.807) is 0 Å². The molecule has 0 aromatic heterocycles. The maximum Gasteiger partial charge on any atom is 0.315 e. The molecule has 114 valence electrons. The molecular weight excluding hydrogens is 264 g/mol. The summed E-state index contributed by atoms with van der Waals surface area (Å²) in [5.74, 6) is 0.0815. The van der Waals surface area contributed by atoms with Gasteiger partial charge in [-0.3, -0.25) is 4.79 Å². The number of hydrogen-bond acceptors (Lipinski definition) is 2. The number of carbonyl (C=O) groups excluding carboxylic acids is 2. The lowest BCUT2D eigenvalue weighted by molar-refractivity contribution is -0.116. The van der Waals surface area contributed by atoms with E-state index in [2.05, 4.69) is 28.8 Å². The van der Waals surface area contributed by atoms with Gasteiger partial charge in [-0.05, 0) is 56.2 Å². The van der Waals surface area contributed by atoms with E-state index in [0.29, 0.717) is 13.0 Å². The molecule has 0 spiro atoms. The van der Waals surface area contributed by atoms with Crippen molar-refractivity contribution in [2.24, 2.45) is 0 Å². The third-order valence-electron chi connectivity index (χ3n) is 3.98. The Balaban J connectivity index is 1.89. The highest BCUT2D eigenvalue weighted by Crippen LogP contribution is 2.24. The predicted molar refractivity (Wildman–Crippen MR) is 83.3 cm³/mol. The topological polar surface area (TPSA) is 58.2 Å². The van der Waals surface area contributed by atoms with E-state index in [0.717, 1.165) is 12.0 Å². The Kier molecular flexibility index (Phi) is 5.37. The minimum atomic E-state index is -0.221. The zero-order valence-electron chi connectivity index (χ0n) is 12.9. The van der Waals surface area contributed by atoms with Crippen molar-refractivity contribution in [3.8, 4) is 0 Å². The second-order valence-electron chi connectivity index (χ2n) is 5.81. The molecule has 1 atom stereocenters. The Hall–Kier alpha value is -1.84. The van der Waals surface area contributed by atoms with E-state index in [4.69, 9.17) is 0 Å². The fraction of sp³-hybridized carbons (Fsp3) is 0.529. The van der Waals surface area contributed by atoms with Gasteiger partial charge in [-0.1, -0.05) is 18.2 Å². The second kappa shape index (κ2) is 7.25. The van der Waals surface area contributed by atoms with Crippen molar-refractivity contribution >= 4 is 11.8 Å². The van der Waals surface area contributed by atoms with Crippen molar-refractivity contribution in [3.63, 3.8) is 0 Å². The Labute approximate surface area is 126 Å². The number of Topliss-reactive ketones (excluding diaryl/α,β-unsaturated/α-hetero) is 1. The van der Waals surface area contributed by atoms with Crippen LogP contribution in [0.3, 0.4) is 0 Å². The van der Waals surface area contributed by atoms with Gasteiger partial charge in [0.15, 0.2) is 0 Å². The van der Waals surface area contributed by atoms with Crippen LogP contribution in [0.2, 0.25) is 0 Å². The first-order valence-electron chi connectivity index (χ1n) is 7.72. The number of rotatable bonds is 5. The summed E-state index contributed by atoms with van der Waals surface area (Å²) in [6.07, 6.45) is 5.22. The van der Waals surface area contributed by atoms with Gasteiger partial charge in [0, 0.05) is 13.0 Å². The summed E-state index contributed by atoms with van der Waals surface area (Å²) in [6, 6.07) is 6.26. The second-order valence-corrected chi connectivity index (χ2v) is 5.81. The first kappa shape index (κ1) is 15.5. The van der Waals surface area contributed by atoms with Gasteiger partial charge < -0.3 is 10.6 Å². The Morgan fingerprint density at radius 1 is 1.19 bits per heavy atom. The summed E-state index contributed by atoms with van der Waals surface area (Å²) >= 11 is 0. The lowest BCUT2D eigenvalue weighted by Gasteiger charge is -2.20. The molecule has 0 heterocycles. The van der Waals surface area contributed by atoms with Crippen LogP contribution < -0.4 is 10.6 Å². The largest absolute Gasteiger partial charge is 0.338 e. The van der Waals surface area contributed by atoms with Crippen molar-refractivity contribution in [2.75, 3.05) is 6.54 Å². The van der Waals surface area contributed by atoms with Crippen LogP contribution in [0.4, 0.5) is 4.79 Å². The first-order chi connectivity index (χ1) is 10.1. The summed E-state index contributed by atoms with van der Waals surface area (Å²) in [6.45, 7) is 3.89. The number of ketones is 1. The van der Waals surface area contributed by atoms with Crippen molar-refractivity contribution in [3.05, 3.63) is 34.9 Å². The van der Waals surface area contributed by atoms with E-state index in [1.807, 2.05) is 6.92 Å².